The number of benzene rings is 1. The Morgan fingerprint density at radius 3 is 2.72 bits per heavy atom. The maximum absolute atomic E-state index is 12.9. The molecule has 1 N–H and O–H groups in total. The maximum atomic E-state index is 12.9. The van der Waals surface area contributed by atoms with Gasteiger partial charge in [-0.25, -0.2) is 4.39 Å². The first-order valence-corrected chi connectivity index (χ1v) is 7.09. The van der Waals surface area contributed by atoms with Crippen LogP contribution in [0.15, 0.2) is 24.3 Å². The quantitative estimate of drug-likeness (QED) is 0.834. The van der Waals surface area contributed by atoms with Gasteiger partial charge in [0.15, 0.2) is 0 Å². The molecule has 1 aliphatic carbocycles. The number of nitrogens with one attached hydrogen (secondary N) is 1. The average molecular weight is 249 g/mol. The summed E-state index contributed by atoms with van der Waals surface area (Å²) in [6, 6.07) is 7.66. The zero-order valence-corrected chi connectivity index (χ0v) is 11.5. The summed E-state index contributed by atoms with van der Waals surface area (Å²) in [7, 11) is 0. The van der Waals surface area contributed by atoms with E-state index in [0.717, 1.165) is 13.0 Å². The number of halogens is 1. The molecule has 1 nitrogen and oxygen atoms in total. The molecule has 1 aliphatic rings. The maximum Gasteiger partial charge on any atom is 0.123 e. The average Bonchev–Trinajstić information content (AvgIpc) is 2.71. The topological polar surface area (TPSA) is 12.0 Å². The van der Waals surface area contributed by atoms with Gasteiger partial charge in [0.1, 0.15) is 5.82 Å². The van der Waals surface area contributed by atoms with Crippen LogP contribution in [0.3, 0.4) is 0 Å². The molecule has 0 saturated heterocycles. The highest BCUT2D eigenvalue weighted by Crippen LogP contribution is 2.40. The molecule has 0 heterocycles. The van der Waals surface area contributed by atoms with Crippen LogP contribution in [-0.2, 0) is 6.42 Å². The fraction of sp³-hybridized carbons (Fsp3) is 0.625. The minimum absolute atomic E-state index is 0.141. The zero-order valence-electron chi connectivity index (χ0n) is 11.5. The first-order chi connectivity index (χ1) is 8.61. The predicted octanol–water partition coefficient (Wildman–Crippen LogP) is 3.93. The molecule has 0 bridgehead atoms. The van der Waals surface area contributed by atoms with E-state index < -0.39 is 0 Å². The summed E-state index contributed by atoms with van der Waals surface area (Å²) >= 11 is 0. The molecule has 2 unspecified atom stereocenters. The van der Waals surface area contributed by atoms with Crippen molar-refractivity contribution in [1.82, 2.24) is 5.32 Å². The van der Waals surface area contributed by atoms with Crippen LogP contribution >= 0.6 is 0 Å². The molecule has 0 aromatic heterocycles. The van der Waals surface area contributed by atoms with E-state index >= 15 is 0 Å². The molecule has 1 saturated carbocycles. The molecule has 0 aliphatic heterocycles. The van der Waals surface area contributed by atoms with Crippen LogP contribution in [0.2, 0.25) is 0 Å². The number of rotatable bonds is 5. The van der Waals surface area contributed by atoms with Crippen LogP contribution in [0.1, 0.15) is 45.1 Å². The molecule has 2 rings (SSSR count). The summed E-state index contributed by atoms with van der Waals surface area (Å²) in [6.45, 7) is 5.70. The van der Waals surface area contributed by atoms with Gasteiger partial charge in [0, 0.05) is 6.04 Å². The molecule has 0 spiro atoms. The molecule has 18 heavy (non-hydrogen) atoms. The second-order valence-electron chi connectivity index (χ2n) is 6.01. The SMILES string of the molecule is CCCNC1CCC(C)(Cc2ccc(F)cc2)C1. The molecule has 0 amide bonds. The van der Waals surface area contributed by atoms with Crippen LogP contribution in [0, 0.1) is 11.2 Å². The van der Waals surface area contributed by atoms with Gasteiger partial charge in [0.2, 0.25) is 0 Å². The van der Waals surface area contributed by atoms with Crippen LogP contribution in [0.25, 0.3) is 0 Å². The van der Waals surface area contributed by atoms with E-state index in [4.69, 9.17) is 0 Å². The summed E-state index contributed by atoms with van der Waals surface area (Å²) in [5, 5.41) is 3.62. The second-order valence-corrected chi connectivity index (χ2v) is 6.01. The molecule has 1 aromatic rings. The highest BCUT2D eigenvalue weighted by atomic mass is 19.1. The van der Waals surface area contributed by atoms with E-state index in [-0.39, 0.29) is 5.82 Å². The van der Waals surface area contributed by atoms with Crippen molar-refractivity contribution in [3.8, 4) is 0 Å². The van der Waals surface area contributed by atoms with E-state index in [1.807, 2.05) is 12.1 Å². The van der Waals surface area contributed by atoms with Gasteiger partial charge in [0.25, 0.3) is 0 Å². The Labute approximate surface area is 110 Å². The Bertz CT molecular complexity index is 373. The Hall–Kier alpha value is -0.890. The van der Waals surface area contributed by atoms with Gasteiger partial charge < -0.3 is 5.32 Å². The Morgan fingerprint density at radius 1 is 1.33 bits per heavy atom. The number of hydrogen-bond acceptors (Lipinski definition) is 1. The monoisotopic (exact) mass is 249 g/mol. The Kier molecular flexibility index (Phi) is 4.39. The summed E-state index contributed by atoms with van der Waals surface area (Å²) in [5.41, 5.74) is 1.64. The molecular weight excluding hydrogens is 225 g/mol. The van der Waals surface area contributed by atoms with Gasteiger partial charge >= 0.3 is 0 Å². The lowest BCUT2D eigenvalue weighted by molar-refractivity contribution is 0.322. The molecule has 1 fully saturated rings. The Balaban J connectivity index is 1.91. The summed E-state index contributed by atoms with van der Waals surface area (Å²) in [6.07, 6.45) is 6.05. The van der Waals surface area contributed by atoms with Gasteiger partial charge in [-0.15, -0.1) is 0 Å². The van der Waals surface area contributed by atoms with E-state index in [2.05, 4.69) is 19.2 Å². The van der Waals surface area contributed by atoms with E-state index in [0.29, 0.717) is 11.5 Å². The standard InChI is InChI=1S/C16H24FN/c1-3-10-18-15-8-9-16(2,12-15)11-13-4-6-14(17)7-5-13/h4-7,15,18H,3,8-12H2,1-2H3. The highest BCUT2D eigenvalue weighted by Gasteiger charge is 2.34. The summed E-state index contributed by atoms with van der Waals surface area (Å²) in [5.74, 6) is -0.141. The lowest BCUT2D eigenvalue weighted by Crippen LogP contribution is -2.28. The molecule has 2 heteroatoms. The normalized spacial score (nSPS) is 27.6. The van der Waals surface area contributed by atoms with Crippen molar-refractivity contribution in [2.75, 3.05) is 6.54 Å². The summed E-state index contributed by atoms with van der Waals surface area (Å²) in [4.78, 5) is 0. The van der Waals surface area contributed by atoms with Gasteiger partial charge in [-0.2, -0.15) is 0 Å². The molecule has 100 valence electrons. The van der Waals surface area contributed by atoms with Gasteiger partial charge in [-0.3, -0.25) is 0 Å². The van der Waals surface area contributed by atoms with Gasteiger partial charge in [0.05, 0.1) is 0 Å². The number of hydrogen-bond donors (Lipinski definition) is 1. The first kappa shape index (κ1) is 13.5. The van der Waals surface area contributed by atoms with Crippen molar-refractivity contribution in [3.05, 3.63) is 35.6 Å². The lowest BCUT2D eigenvalue weighted by Gasteiger charge is -2.24. The van der Waals surface area contributed by atoms with Gasteiger partial charge in [-0.05, 0) is 61.8 Å². The van der Waals surface area contributed by atoms with Crippen molar-refractivity contribution in [2.24, 2.45) is 5.41 Å². The van der Waals surface area contributed by atoms with Crippen LogP contribution in [0.5, 0.6) is 0 Å². The molecular formula is C16H24FN. The van der Waals surface area contributed by atoms with E-state index in [1.165, 1.54) is 31.2 Å². The van der Waals surface area contributed by atoms with Gasteiger partial charge in [-0.1, -0.05) is 26.0 Å². The van der Waals surface area contributed by atoms with Crippen molar-refractivity contribution < 1.29 is 4.39 Å². The van der Waals surface area contributed by atoms with Crippen molar-refractivity contribution >= 4 is 0 Å². The smallest absolute Gasteiger partial charge is 0.123 e. The third-order valence-corrected chi connectivity index (χ3v) is 4.06. The highest BCUT2D eigenvalue weighted by molar-refractivity contribution is 5.18. The summed E-state index contributed by atoms with van der Waals surface area (Å²) < 4.78 is 12.9. The molecule has 0 radical (unpaired) electrons. The van der Waals surface area contributed by atoms with Crippen molar-refractivity contribution in [2.45, 2.75) is 52.0 Å². The third kappa shape index (κ3) is 3.55. The van der Waals surface area contributed by atoms with E-state index in [1.54, 1.807) is 12.1 Å². The van der Waals surface area contributed by atoms with E-state index in [9.17, 15) is 4.39 Å². The first-order valence-electron chi connectivity index (χ1n) is 7.09. The van der Waals surface area contributed by atoms with Crippen LogP contribution in [-0.4, -0.2) is 12.6 Å². The van der Waals surface area contributed by atoms with Crippen molar-refractivity contribution in [3.63, 3.8) is 0 Å². The van der Waals surface area contributed by atoms with Crippen molar-refractivity contribution in [1.29, 1.82) is 0 Å². The largest absolute Gasteiger partial charge is 0.314 e. The minimum atomic E-state index is -0.141. The lowest BCUT2D eigenvalue weighted by atomic mass is 9.82. The second kappa shape index (κ2) is 5.83. The minimum Gasteiger partial charge on any atom is -0.314 e. The van der Waals surface area contributed by atoms with Crippen LogP contribution < -0.4 is 5.32 Å². The van der Waals surface area contributed by atoms with Crippen LogP contribution in [0.4, 0.5) is 4.39 Å². The predicted molar refractivity (Wildman–Crippen MR) is 74.1 cm³/mol. The Morgan fingerprint density at radius 2 is 2.06 bits per heavy atom. The molecule has 2 atom stereocenters. The molecule has 1 aromatic carbocycles. The fourth-order valence-corrected chi connectivity index (χ4v) is 3.10. The fourth-order valence-electron chi connectivity index (χ4n) is 3.10. The zero-order chi connectivity index (χ0) is 13.0. The third-order valence-electron chi connectivity index (χ3n) is 4.06.